The lowest BCUT2D eigenvalue weighted by atomic mass is 10.3. The molecule has 1 rings (SSSR count). The molecule has 0 amide bonds. The molecule has 0 saturated heterocycles. The second-order valence-corrected chi connectivity index (χ2v) is 6.14. The molecule has 0 bridgehead atoms. The van der Waals surface area contributed by atoms with E-state index >= 15 is 0 Å². The van der Waals surface area contributed by atoms with Gasteiger partial charge in [-0.25, -0.2) is 19.2 Å². The number of rotatable bonds is 7. The van der Waals surface area contributed by atoms with Crippen LogP contribution in [0.2, 0.25) is 0 Å². The third-order valence-electron chi connectivity index (χ3n) is 2.20. The Hall–Kier alpha value is -1.94. The quantitative estimate of drug-likeness (QED) is 0.278. The summed E-state index contributed by atoms with van der Waals surface area (Å²) in [7, 11) is -3.04. The Morgan fingerprint density at radius 3 is 2.68 bits per heavy atom. The molecule has 0 unspecified atom stereocenters. The maximum atomic E-state index is 10.9. The highest BCUT2D eigenvalue weighted by Gasteiger charge is 2.15. The minimum atomic E-state index is -3.04. The van der Waals surface area contributed by atoms with E-state index in [1.807, 2.05) is 0 Å². The van der Waals surface area contributed by atoms with Crippen molar-refractivity contribution in [3.8, 4) is 0 Å². The summed E-state index contributed by atoms with van der Waals surface area (Å²) in [4.78, 5) is 14.1. The van der Waals surface area contributed by atoms with Crippen molar-refractivity contribution in [2.75, 3.05) is 29.3 Å². The number of nitrogens with two attached hydrogens (primary N) is 1. The molecule has 0 aliphatic rings. The van der Waals surface area contributed by atoms with Crippen LogP contribution in [-0.4, -0.2) is 36.9 Å². The predicted molar refractivity (Wildman–Crippen MR) is 71.5 cm³/mol. The van der Waals surface area contributed by atoms with Crippen molar-refractivity contribution in [3.63, 3.8) is 0 Å². The smallest absolute Gasteiger partial charge is 0.311 e. The number of aromatic nitrogens is 1. The van der Waals surface area contributed by atoms with E-state index in [9.17, 15) is 18.5 Å². The van der Waals surface area contributed by atoms with Gasteiger partial charge in [0.1, 0.15) is 15.7 Å². The topological polar surface area (TPSA) is 140 Å². The molecule has 0 saturated carbocycles. The van der Waals surface area contributed by atoms with E-state index in [0.717, 1.165) is 6.26 Å². The highest BCUT2D eigenvalue weighted by Crippen LogP contribution is 2.23. The van der Waals surface area contributed by atoms with Gasteiger partial charge in [0.05, 0.1) is 10.7 Å². The number of hydrazine groups is 1. The number of hydrogen-bond donors (Lipinski definition) is 3. The van der Waals surface area contributed by atoms with Gasteiger partial charge in [-0.3, -0.25) is 10.1 Å². The predicted octanol–water partition coefficient (Wildman–Crippen LogP) is 0.122. The highest BCUT2D eigenvalue weighted by molar-refractivity contribution is 7.90. The van der Waals surface area contributed by atoms with Crippen molar-refractivity contribution in [2.45, 2.75) is 6.42 Å². The molecule has 0 aromatic carbocycles. The summed E-state index contributed by atoms with van der Waals surface area (Å²) in [5, 5.41) is 13.5. The van der Waals surface area contributed by atoms with Crippen LogP contribution in [-0.2, 0) is 9.84 Å². The van der Waals surface area contributed by atoms with Crippen LogP contribution >= 0.6 is 0 Å². The fourth-order valence-electron chi connectivity index (χ4n) is 1.35. The summed E-state index contributed by atoms with van der Waals surface area (Å²) in [6, 6.07) is 2.64. The van der Waals surface area contributed by atoms with Crippen LogP contribution in [0.4, 0.5) is 17.3 Å². The summed E-state index contributed by atoms with van der Waals surface area (Å²) in [5.74, 6) is 5.49. The van der Waals surface area contributed by atoms with Crippen molar-refractivity contribution in [3.05, 3.63) is 22.2 Å². The largest absolute Gasteiger partial charge is 0.364 e. The molecule has 1 aromatic heterocycles. The van der Waals surface area contributed by atoms with Crippen LogP contribution in [0, 0.1) is 10.1 Å². The van der Waals surface area contributed by atoms with Gasteiger partial charge in [0.25, 0.3) is 0 Å². The molecular formula is C9H15N5O4S. The summed E-state index contributed by atoms with van der Waals surface area (Å²) in [5.41, 5.74) is 2.08. The lowest BCUT2D eigenvalue weighted by Gasteiger charge is -2.07. The first-order chi connectivity index (χ1) is 8.83. The van der Waals surface area contributed by atoms with E-state index < -0.39 is 14.8 Å². The summed E-state index contributed by atoms with van der Waals surface area (Å²) in [6.07, 6.45) is 1.46. The van der Waals surface area contributed by atoms with Crippen LogP contribution in [0.5, 0.6) is 0 Å². The zero-order chi connectivity index (χ0) is 14.5. The maximum Gasteiger partial charge on any atom is 0.311 e. The molecule has 0 radical (unpaired) electrons. The average molecular weight is 289 g/mol. The van der Waals surface area contributed by atoms with Crippen molar-refractivity contribution >= 4 is 27.2 Å². The maximum absolute atomic E-state index is 10.9. The van der Waals surface area contributed by atoms with Crippen molar-refractivity contribution in [2.24, 2.45) is 5.84 Å². The molecule has 1 heterocycles. The zero-order valence-electron chi connectivity index (χ0n) is 10.3. The monoisotopic (exact) mass is 289 g/mol. The Balaban J connectivity index is 2.72. The first kappa shape index (κ1) is 15.1. The van der Waals surface area contributed by atoms with Crippen molar-refractivity contribution in [1.82, 2.24) is 4.98 Å². The average Bonchev–Trinajstić information content (AvgIpc) is 2.33. The van der Waals surface area contributed by atoms with E-state index in [4.69, 9.17) is 5.84 Å². The molecule has 0 spiro atoms. The minimum Gasteiger partial charge on any atom is -0.364 e. The number of nitrogens with zero attached hydrogens (tertiary/aromatic N) is 2. The molecule has 19 heavy (non-hydrogen) atoms. The molecule has 0 atom stereocenters. The normalized spacial score (nSPS) is 11.1. The Kier molecular flexibility index (Phi) is 5.01. The molecule has 0 aliphatic heterocycles. The fraction of sp³-hybridized carbons (Fsp3) is 0.444. The third kappa shape index (κ3) is 5.06. The number of hydrogen-bond acceptors (Lipinski definition) is 8. The molecule has 106 valence electrons. The van der Waals surface area contributed by atoms with Crippen LogP contribution in [0.15, 0.2) is 12.1 Å². The first-order valence-electron chi connectivity index (χ1n) is 5.37. The van der Waals surface area contributed by atoms with Crippen LogP contribution in [0.25, 0.3) is 0 Å². The van der Waals surface area contributed by atoms with Gasteiger partial charge in [-0.1, -0.05) is 0 Å². The molecule has 9 nitrogen and oxygen atoms in total. The van der Waals surface area contributed by atoms with Gasteiger partial charge in [-0.05, 0) is 12.5 Å². The summed E-state index contributed by atoms with van der Waals surface area (Å²) >= 11 is 0. The van der Waals surface area contributed by atoms with Gasteiger partial charge in [-0.15, -0.1) is 0 Å². The number of nitrogen functional groups attached to an aromatic ring is 1. The Morgan fingerprint density at radius 2 is 2.16 bits per heavy atom. The molecule has 0 fully saturated rings. The van der Waals surface area contributed by atoms with Gasteiger partial charge in [0.2, 0.25) is 5.82 Å². The van der Waals surface area contributed by atoms with Crippen LogP contribution in [0.1, 0.15) is 6.42 Å². The van der Waals surface area contributed by atoms with E-state index in [-0.39, 0.29) is 29.6 Å². The molecule has 10 heteroatoms. The van der Waals surface area contributed by atoms with Gasteiger partial charge in [0.15, 0.2) is 0 Å². The fourth-order valence-corrected chi connectivity index (χ4v) is 2.02. The summed E-state index contributed by atoms with van der Waals surface area (Å²) in [6.45, 7) is 0.259. The van der Waals surface area contributed by atoms with Crippen molar-refractivity contribution < 1.29 is 13.3 Å². The minimum absolute atomic E-state index is 0.00261. The van der Waals surface area contributed by atoms with E-state index in [2.05, 4.69) is 15.7 Å². The Morgan fingerprint density at radius 1 is 1.47 bits per heavy atom. The lowest BCUT2D eigenvalue weighted by molar-refractivity contribution is -0.384. The van der Waals surface area contributed by atoms with Gasteiger partial charge < -0.3 is 10.7 Å². The second-order valence-electron chi connectivity index (χ2n) is 3.88. The zero-order valence-corrected chi connectivity index (χ0v) is 11.1. The molecular weight excluding hydrogens is 274 g/mol. The van der Waals surface area contributed by atoms with Gasteiger partial charge in [-0.2, -0.15) is 0 Å². The first-order valence-corrected chi connectivity index (χ1v) is 7.43. The summed E-state index contributed by atoms with van der Waals surface area (Å²) < 4.78 is 21.9. The number of sulfone groups is 1. The van der Waals surface area contributed by atoms with E-state index in [1.165, 1.54) is 12.1 Å². The molecule has 1 aromatic rings. The van der Waals surface area contributed by atoms with E-state index in [1.54, 1.807) is 0 Å². The van der Waals surface area contributed by atoms with Crippen LogP contribution < -0.4 is 16.6 Å². The Labute approximate surface area is 110 Å². The number of anilines is 2. The number of nitrogens with one attached hydrogen (secondary N) is 2. The van der Waals surface area contributed by atoms with E-state index in [0.29, 0.717) is 6.42 Å². The number of pyridine rings is 1. The van der Waals surface area contributed by atoms with Crippen molar-refractivity contribution in [1.29, 1.82) is 0 Å². The van der Waals surface area contributed by atoms with Crippen LogP contribution in [0.3, 0.4) is 0 Å². The second kappa shape index (κ2) is 6.29. The highest BCUT2D eigenvalue weighted by atomic mass is 32.2. The lowest BCUT2D eigenvalue weighted by Crippen LogP contribution is -2.13. The molecule has 0 aliphatic carbocycles. The van der Waals surface area contributed by atoms with Gasteiger partial charge >= 0.3 is 5.69 Å². The molecule has 4 N–H and O–H groups in total. The Bertz CT molecular complexity index is 560. The number of nitro groups is 1. The standard InChI is InChI=1S/C9H15N5O4S/c1-19(17,18)6-2-5-11-9-7(14(15)16)3-4-8(12-9)13-10/h3-4H,2,5-6,10H2,1H3,(H2,11,12,13). The van der Waals surface area contributed by atoms with Gasteiger partial charge in [0, 0.05) is 18.9 Å². The SMILES string of the molecule is CS(=O)(=O)CCCNc1nc(NN)ccc1[N+](=O)[O-]. The third-order valence-corrected chi connectivity index (χ3v) is 3.23.